The molecule has 1 aliphatic rings. The first-order valence-electron chi connectivity index (χ1n) is 16.4. The summed E-state index contributed by atoms with van der Waals surface area (Å²) in [7, 11) is 3.14. The molecule has 0 saturated carbocycles. The van der Waals surface area contributed by atoms with Gasteiger partial charge in [-0.3, -0.25) is 19.2 Å². The number of hydrogen-bond donors (Lipinski definition) is 3. The third-order valence-corrected chi connectivity index (χ3v) is 8.86. The van der Waals surface area contributed by atoms with E-state index in [9.17, 15) is 19.2 Å². The highest BCUT2D eigenvalue weighted by Gasteiger charge is 2.28. The van der Waals surface area contributed by atoms with Crippen molar-refractivity contribution < 1.29 is 33.2 Å². The molecule has 0 saturated heterocycles. The summed E-state index contributed by atoms with van der Waals surface area (Å²) >= 11 is 1.30. The highest BCUT2D eigenvalue weighted by molar-refractivity contribution is 7.99. The Hall–Kier alpha value is -4.59. The molecule has 0 fully saturated rings. The van der Waals surface area contributed by atoms with E-state index in [1.165, 1.54) is 16.7 Å². The van der Waals surface area contributed by atoms with Gasteiger partial charge in [-0.25, -0.2) is 0 Å². The van der Waals surface area contributed by atoms with E-state index in [1.807, 2.05) is 26.0 Å². The van der Waals surface area contributed by atoms with E-state index in [-0.39, 0.29) is 43.0 Å². The number of amides is 4. The van der Waals surface area contributed by atoms with Crippen LogP contribution in [0.4, 0.5) is 0 Å². The van der Waals surface area contributed by atoms with Crippen molar-refractivity contribution in [3.05, 3.63) is 70.9 Å². The summed E-state index contributed by atoms with van der Waals surface area (Å²) in [6, 6.07) is 11.0. The van der Waals surface area contributed by atoms with Crippen molar-refractivity contribution in [2.24, 2.45) is 5.92 Å². The number of aryl methyl sites for hydroxylation is 2. The second-order valence-electron chi connectivity index (χ2n) is 12.4. The molecule has 4 rings (SSSR count). The second-order valence-corrected chi connectivity index (χ2v) is 13.4. The minimum absolute atomic E-state index is 0.0720. The quantitative estimate of drug-likeness (QED) is 0.287. The van der Waals surface area contributed by atoms with E-state index >= 15 is 0 Å². The highest BCUT2D eigenvalue weighted by Crippen LogP contribution is 2.22. The molecule has 0 spiro atoms. The van der Waals surface area contributed by atoms with Gasteiger partial charge in [0, 0.05) is 31.1 Å². The van der Waals surface area contributed by atoms with Gasteiger partial charge in [-0.1, -0.05) is 31.1 Å². The third-order valence-electron chi connectivity index (χ3n) is 7.96. The highest BCUT2D eigenvalue weighted by atomic mass is 32.2. The molecule has 264 valence electrons. The van der Waals surface area contributed by atoms with Crippen molar-refractivity contribution in [3.63, 3.8) is 0 Å². The number of aromatic nitrogens is 2. The van der Waals surface area contributed by atoms with Crippen molar-refractivity contribution in [3.8, 4) is 11.5 Å². The van der Waals surface area contributed by atoms with Crippen LogP contribution in [0.25, 0.3) is 0 Å². The molecular formula is C35H46N6O7S. The molecule has 1 aromatic heterocycles. The van der Waals surface area contributed by atoms with Gasteiger partial charge in [-0.2, -0.15) is 4.98 Å². The summed E-state index contributed by atoms with van der Waals surface area (Å²) in [6.45, 7) is 6.06. The topological polar surface area (TPSA) is 165 Å². The van der Waals surface area contributed by atoms with Crippen molar-refractivity contribution in [1.29, 1.82) is 0 Å². The number of carbonyl (C=O) groups is 4. The number of benzene rings is 2. The van der Waals surface area contributed by atoms with Crippen molar-refractivity contribution >= 4 is 35.4 Å². The van der Waals surface area contributed by atoms with Crippen LogP contribution in [0, 0.1) is 12.8 Å². The first kappa shape index (κ1) is 37.2. The first-order valence-corrected chi connectivity index (χ1v) is 17.5. The number of rotatable bonds is 10. The normalized spacial score (nSPS) is 17.9. The Labute approximate surface area is 291 Å². The summed E-state index contributed by atoms with van der Waals surface area (Å²) < 4.78 is 16.0. The van der Waals surface area contributed by atoms with Gasteiger partial charge in [-0.05, 0) is 73.6 Å². The largest absolute Gasteiger partial charge is 0.497 e. The Kier molecular flexibility index (Phi) is 13.9. The monoisotopic (exact) mass is 694 g/mol. The number of carbonyl (C=O) groups excluding carboxylic acids is 4. The van der Waals surface area contributed by atoms with E-state index in [2.05, 4.69) is 26.1 Å². The molecule has 3 aromatic rings. The van der Waals surface area contributed by atoms with Gasteiger partial charge < -0.3 is 34.8 Å². The van der Waals surface area contributed by atoms with E-state index in [0.717, 1.165) is 11.1 Å². The smallest absolute Gasteiger partial charge is 0.251 e. The zero-order chi connectivity index (χ0) is 35.3. The van der Waals surface area contributed by atoms with Crippen molar-refractivity contribution in [2.75, 3.05) is 39.6 Å². The van der Waals surface area contributed by atoms with Gasteiger partial charge in [-0.15, -0.1) is 11.8 Å². The Bertz CT molecular complexity index is 1580. The van der Waals surface area contributed by atoms with Crippen LogP contribution in [0.3, 0.4) is 0 Å². The van der Waals surface area contributed by atoms with E-state index in [4.69, 9.17) is 14.0 Å². The molecule has 1 aliphatic heterocycles. The van der Waals surface area contributed by atoms with Crippen LogP contribution in [0.15, 0.2) is 47.0 Å². The summed E-state index contributed by atoms with van der Waals surface area (Å²) in [5.41, 5.74) is 2.01. The van der Waals surface area contributed by atoms with Crippen LogP contribution in [0.1, 0.15) is 59.9 Å². The average molecular weight is 695 g/mol. The molecule has 2 bridgehead atoms. The molecule has 2 atom stereocenters. The first-order chi connectivity index (χ1) is 23.5. The Morgan fingerprint density at radius 1 is 1.08 bits per heavy atom. The Morgan fingerprint density at radius 3 is 2.53 bits per heavy atom. The van der Waals surface area contributed by atoms with Gasteiger partial charge in [0.25, 0.3) is 5.91 Å². The van der Waals surface area contributed by atoms with Crippen LogP contribution in [0.2, 0.25) is 0 Å². The van der Waals surface area contributed by atoms with Crippen LogP contribution >= 0.6 is 11.8 Å². The standard InChI is InChI=1S/C35H46N6O7S/c1-22(2)15-27-18-41(33(43)21-49-20-32-37-23(3)40-48-32)19-31(42)36-14-6-7-25-17-26(10-13-30(25)47-5)34(44)39-29(35(45)38-27)16-24-8-11-28(46-4)12-9-24/h8-13,17,22,27,29H,6-7,14-16,18-21H2,1-5H3,(H,36,42)(H,38,45)(H,39,44)/t27-,29-/m0/s1. The molecule has 2 heterocycles. The number of ether oxygens (including phenoxy) is 2. The fourth-order valence-corrected chi connectivity index (χ4v) is 6.34. The van der Waals surface area contributed by atoms with Crippen LogP contribution < -0.4 is 25.4 Å². The maximum Gasteiger partial charge on any atom is 0.251 e. The molecule has 3 N–H and O–H groups in total. The minimum atomic E-state index is -0.933. The van der Waals surface area contributed by atoms with Gasteiger partial charge >= 0.3 is 0 Å². The number of nitrogens with one attached hydrogen (secondary N) is 3. The molecule has 0 radical (unpaired) electrons. The summed E-state index contributed by atoms with van der Waals surface area (Å²) in [5, 5.41) is 12.8. The average Bonchev–Trinajstić information content (AvgIpc) is 3.49. The summed E-state index contributed by atoms with van der Waals surface area (Å²) in [5.74, 6) is 1.42. The van der Waals surface area contributed by atoms with Gasteiger partial charge in [0.05, 0.1) is 32.3 Å². The third kappa shape index (κ3) is 11.5. The molecule has 2 aromatic carbocycles. The number of nitrogens with zero attached hydrogens (tertiary/aromatic N) is 3. The van der Waals surface area contributed by atoms with Gasteiger partial charge in [0.1, 0.15) is 17.5 Å². The van der Waals surface area contributed by atoms with Crippen molar-refractivity contribution in [2.45, 2.75) is 64.3 Å². The lowest BCUT2D eigenvalue weighted by atomic mass is 10.0. The molecule has 49 heavy (non-hydrogen) atoms. The number of methoxy groups -OCH3 is 2. The van der Waals surface area contributed by atoms with E-state index in [1.54, 1.807) is 51.5 Å². The van der Waals surface area contributed by atoms with Crippen LogP contribution in [-0.4, -0.2) is 90.4 Å². The predicted octanol–water partition coefficient (Wildman–Crippen LogP) is 3.09. The minimum Gasteiger partial charge on any atom is -0.497 e. The van der Waals surface area contributed by atoms with E-state index < -0.39 is 23.9 Å². The molecule has 13 nitrogen and oxygen atoms in total. The van der Waals surface area contributed by atoms with Crippen molar-refractivity contribution in [1.82, 2.24) is 31.0 Å². The Balaban J connectivity index is 1.62. The fourth-order valence-electron chi connectivity index (χ4n) is 5.59. The number of hydrogen-bond acceptors (Lipinski definition) is 10. The van der Waals surface area contributed by atoms with Crippen LogP contribution in [0.5, 0.6) is 11.5 Å². The predicted molar refractivity (Wildman–Crippen MR) is 185 cm³/mol. The molecular weight excluding hydrogens is 648 g/mol. The second kappa shape index (κ2) is 18.2. The van der Waals surface area contributed by atoms with Gasteiger partial charge in [0.15, 0.2) is 5.82 Å². The van der Waals surface area contributed by atoms with Gasteiger partial charge in [0.2, 0.25) is 23.6 Å². The lowest BCUT2D eigenvalue weighted by molar-refractivity contribution is -0.134. The maximum atomic E-state index is 14.0. The zero-order valence-corrected chi connectivity index (χ0v) is 29.6. The lowest BCUT2D eigenvalue weighted by Crippen LogP contribution is -2.54. The SMILES string of the molecule is COc1ccc(C[C@@H]2NC(=O)c3ccc(OC)c(c3)CCCNC(=O)CN(C(=O)CSCc3nc(C)no3)C[C@H](CC(C)C)NC2=O)cc1. The summed E-state index contributed by atoms with van der Waals surface area (Å²) in [6.07, 6.45) is 1.87. The maximum absolute atomic E-state index is 14.0. The number of thioether (sulfide) groups is 1. The zero-order valence-electron chi connectivity index (χ0n) is 28.7. The molecule has 14 heteroatoms. The fraction of sp³-hybridized carbons (Fsp3) is 0.486. The lowest BCUT2D eigenvalue weighted by Gasteiger charge is -2.30. The van der Waals surface area contributed by atoms with E-state index in [0.29, 0.717) is 60.3 Å². The Morgan fingerprint density at radius 2 is 1.86 bits per heavy atom. The molecule has 0 aliphatic carbocycles. The van der Waals surface area contributed by atoms with Crippen LogP contribution in [-0.2, 0) is 33.0 Å². The molecule has 0 unspecified atom stereocenters. The number of fused-ring (bicyclic) bond motifs is 2. The summed E-state index contributed by atoms with van der Waals surface area (Å²) in [4.78, 5) is 60.1. The molecule has 4 amide bonds.